The van der Waals surface area contributed by atoms with Crippen LogP contribution in [0.2, 0.25) is 0 Å². The first-order valence-electron chi connectivity index (χ1n) is 10.5. The van der Waals surface area contributed by atoms with Crippen LogP contribution < -0.4 is 5.32 Å². The van der Waals surface area contributed by atoms with Gasteiger partial charge in [0.15, 0.2) is 12.4 Å². The minimum absolute atomic E-state index is 0.109. The van der Waals surface area contributed by atoms with Crippen LogP contribution in [-0.4, -0.2) is 41.9 Å². The van der Waals surface area contributed by atoms with E-state index in [9.17, 15) is 14.4 Å². The molecular weight excluding hydrogens is 384 g/mol. The largest absolute Gasteiger partial charge is 0.459 e. The highest BCUT2D eigenvalue weighted by atomic mass is 16.5. The molecule has 7 heteroatoms. The summed E-state index contributed by atoms with van der Waals surface area (Å²) in [5.74, 6) is -0.235. The number of fused-ring (bicyclic) bond motifs is 1. The number of carbonyl (C=O) groups excluding carboxylic acids is 3. The summed E-state index contributed by atoms with van der Waals surface area (Å²) in [6, 6.07) is 9.83. The maximum atomic E-state index is 12.7. The smallest absolute Gasteiger partial charge is 0.338 e. The van der Waals surface area contributed by atoms with Crippen LogP contribution in [-0.2, 0) is 9.53 Å². The van der Waals surface area contributed by atoms with E-state index in [0.29, 0.717) is 23.2 Å². The molecule has 2 atom stereocenters. The van der Waals surface area contributed by atoms with E-state index in [2.05, 4.69) is 5.32 Å². The molecule has 2 fully saturated rings. The molecule has 2 amide bonds. The molecule has 4 rings (SSSR count). The molecule has 2 heterocycles. The number of hydrogen-bond acceptors (Lipinski definition) is 5. The Kier molecular flexibility index (Phi) is 6.16. The third kappa shape index (κ3) is 4.56. The van der Waals surface area contributed by atoms with E-state index in [0.717, 1.165) is 25.8 Å². The lowest BCUT2D eigenvalue weighted by atomic mass is 9.78. The molecule has 7 nitrogen and oxygen atoms in total. The quantitative estimate of drug-likeness (QED) is 0.756. The molecule has 1 aromatic heterocycles. The number of esters is 1. The van der Waals surface area contributed by atoms with Crippen LogP contribution in [0.25, 0.3) is 0 Å². The molecule has 158 valence electrons. The van der Waals surface area contributed by atoms with E-state index in [1.54, 1.807) is 36.4 Å². The monoisotopic (exact) mass is 410 g/mol. The molecule has 0 unspecified atom stereocenters. The van der Waals surface area contributed by atoms with E-state index in [4.69, 9.17) is 9.15 Å². The Balaban J connectivity index is 1.29. The summed E-state index contributed by atoms with van der Waals surface area (Å²) in [6.07, 6.45) is 8.28. The van der Waals surface area contributed by atoms with Crippen molar-refractivity contribution >= 4 is 23.5 Å². The van der Waals surface area contributed by atoms with Crippen molar-refractivity contribution in [2.24, 2.45) is 5.92 Å². The maximum absolute atomic E-state index is 12.7. The topological polar surface area (TPSA) is 88.9 Å². The summed E-state index contributed by atoms with van der Waals surface area (Å²) >= 11 is 0. The first-order chi connectivity index (χ1) is 14.6. The third-order valence-electron chi connectivity index (χ3n) is 6.01. The highest BCUT2D eigenvalue weighted by Crippen LogP contribution is 2.35. The molecule has 0 spiro atoms. The predicted octanol–water partition coefficient (Wildman–Crippen LogP) is 3.87. The Morgan fingerprint density at radius 2 is 1.80 bits per heavy atom. The lowest BCUT2D eigenvalue weighted by Crippen LogP contribution is -2.50. The minimum atomic E-state index is -0.551. The molecule has 0 radical (unpaired) electrons. The van der Waals surface area contributed by atoms with Crippen LogP contribution in [0.15, 0.2) is 47.1 Å². The summed E-state index contributed by atoms with van der Waals surface area (Å²) in [7, 11) is 0. The van der Waals surface area contributed by atoms with Gasteiger partial charge in [0.05, 0.1) is 11.8 Å². The van der Waals surface area contributed by atoms with Crippen molar-refractivity contribution in [2.75, 3.05) is 18.5 Å². The molecule has 1 aliphatic heterocycles. The Morgan fingerprint density at radius 1 is 1.03 bits per heavy atom. The fourth-order valence-electron chi connectivity index (χ4n) is 4.52. The number of nitrogens with zero attached hydrogens (tertiary/aromatic N) is 1. The molecule has 30 heavy (non-hydrogen) atoms. The highest BCUT2D eigenvalue weighted by Gasteiger charge is 2.35. The van der Waals surface area contributed by atoms with Gasteiger partial charge in [-0.2, -0.15) is 0 Å². The van der Waals surface area contributed by atoms with E-state index >= 15 is 0 Å². The molecular formula is C23H26N2O5. The number of anilines is 1. The van der Waals surface area contributed by atoms with Gasteiger partial charge < -0.3 is 19.4 Å². The molecule has 2 aliphatic rings. The number of rotatable bonds is 5. The molecule has 1 N–H and O–H groups in total. The van der Waals surface area contributed by atoms with Crippen molar-refractivity contribution in [3.05, 3.63) is 54.0 Å². The number of ether oxygens (including phenoxy) is 1. The second-order valence-corrected chi connectivity index (χ2v) is 7.93. The second kappa shape index (κ2) is 9.15. The molecule has 2 aromatic rings. The number of benzene rings is 1. The van der Waals surface area contributed by atoms with Gasteiger partial charge in [-0.05, 0) is 68.0 Å². The van der Waals surface area contributed by atoms with Crippen LogP contribution in [0.1, 0.15) is 59.4 Å². The van der Waals surface area contributed by atoms with E-state index < -0.39 is 5.97 Å². The zero-order chi connectivity index (χ0) is 20.9. The number of nitrogens with one attached hydrogen (secondary N) is 1. The van der Waals surface area contributed by atoms with Crippen molar-refractivity contribution in [2.45, 2.75) is 44.6 Å². The zero-order valence-electron chi connectivity index (χ0n) is 16.8. The normalized spacial score (nSPS) is 20.9. The summed E-state index contributed by atoms with van der Waals surface area (Å²) in [5.41, 5.74) is 0.855. The first kappa shape index (κ1) is 20.2. The summed E-state index contributed by atoms with van der Waals surface area (Å²) in [4.78, 5) is 38.9. The Bertz CT molecular complexity index is 889. The van der Waals surface area contributed by atoms with Gasteiger partial charge in [0, 0.05) is 18.3 Å². The van der Waals surface area contributed by atoms with Crippen molar-refractivity contribution in [3.63, 3.8) is 0 Å². The fourth-order valence-corrected chi connectivity index (χ4v) is 4.52. The zero-order valence-corrected chi connectivity index (χ0v) is 16.8. The van der Waals surface area contributed by atoms with Gasteiger partial charge in [0.25, 0.3) is 11.8 Å². The number of likely N-dealkylation sites (tertiary alicyclic amines) is 1. The maximum Gasteiger partial charge on any atom is 0.338 e. The van der Waals surface area contributed by atoms with Gasteiger partial charge in [0.2, 0.25) is 0 Å². The van der Waals surface area contributed by atoms with E-state index in [1.807, 2.05) is 4.90 Å². The summed E-state index contributed by atoms with van der Waals surface area (Å²) in [5, 5.41) is 2.68. The van der Waals surface area contributed by atoms with Crippen LogP contribution in [0.3, 0.4) is 0 Å². The van der Waals surface area contributed by atoms with Crippen LogP contribution >= 0.6 is 0 Å². The second-order valence-electron chi connectivity index (χ2n) is 7.93. The van der Waals surface area contributed by atoms with Crippen molar-refractivity contribution in [1.29, 1.82) is 0 Å². The Labute approximate surface area is 175 Å². The SMILES string of the molecule is O=C(OCC(=O)N1CCC[C@H]2CCCC[C@H]21)c1ccc(NC(=O)c2ccco2)cc1. The van der Waals surface area contributed by atoms with Crippen LogP contribution in [0.4, 0.5) is 5.69 Å². The van der Waals surface area contributed by atoms with Crippen LogP contribution in [0.5, 0.6) is 0 Å². The number of carbonyl (C=O) groups is 3. The summed E-state index contributed by atoms with van der Waals surface area (Å²) in [6.45, 7) is 0.515. The molecule has 1 aliphatic carbocycles. The van der Waals surface area contributed by atoms with Crippen molar-refractivity contribution < 1.29 is 23.5 Å². The lowest BCUT2D eigenvalue weighted by Gasteiger charge is -2.44. The third-order valence-corrected chi connectivity index (χ3v) is 6.01. The predicted molar refractivity (Wildman–Crippen MR) is 110 cm³/mol. The summed E-state index contributed by atoms with van der Waals surface area (Å²) < 4.78 is 10.3. The average Bonchev–Trinajstić information content (AvgIpc) is 3.32. The minimum Gasteiger partial charge on any atom is -0.459 e. The van der Waals surface area contributed by atoms with Gasteiger partial charge in [0.1, 0.15) is 0 Å². The molecule has 1 aromatic carbocycles. The first-order valence-corrected chi connectivity index (χ1v) is 10.5. The number of furan rings is 1. The van der Waals surface area contributed by atoms with Gasteiger partial charge in [-0.15, -0.1) is 0 Å². The number of piperidine rings is 1. The Morgan fingerprint density at radius 3 is 2.57 bits per heavy atom. The number of amides is 2. The lowest BCUT2D eigenvalue weighted by molar-refractivity contribution is -0.140. The number of hydrogen-bond donors (Lipinski definition) is 1. The van der Waals surface area contributed by atoms with Crippen LogP contribution in [0, 0.1) is 5.92 Å². The van der Waals surface area contributed by atoms with Gasteiger partial charge in [-0.1, -0.05) is 12.8 Å². The van der Waals surface area contributed by atoms with E-state index in [-0.39, 0.29) is 24.2 Å². The standard InChI is InChI=1S/C23H26N2O5/c26-21(25-13-3-6-16-5-1-2-7-19(16)25)15-30-23(28)17-9-11-18(12-10-17)24-22(27)20-8-4-14-29-20/h4,8-12,14,16,19H,1-3,5-7,13,15H2,(H,24,27)/t16-,19-/m1/s1. The fraction of sp³-hybridized carbons (Fsp3) is 0.435. The van der Waals surface area contributed by atoms with Gasteiger partial charge in [-0.3, -0.25) is 9.59 Å². The van der Waals surface area contributed by atoms with Gasteiger partial charge in [-0.25, -0.2) is 4.79 Å². The van der Waals surface area contributed by atoms with Crippen molar-refractivity contribution in [1.82, 2.24) is 4.90 Å². The van der Waals surface area contributed by atoms with E-state index in [1.165, 1.54) is 25.5 Å². The molecule has 1 saturated carbocycles. The van der Waals surface area contributed by atoms with Gasteiger partial charge >= 0.3 is 5.97 Å². The average molecular weight is 410 g/mol. The van der Waals surface area contributed by atoms with Crippen molar-refractivity contribution in [3.8, 4) is 0 Å². The highest BCUT2D eigenvalue weighted by molar-refractivity contribution is 6.02. The molecule has 0 bridgehead atoms. The Hall–Kier alpha value is -3.09. The molecule has 1 saturated heterocycles.